The van der Waals surface area contributed by atoms with E-state index in [9.17, 15) is 0 Å². The number of hydrogen-bond donors (Lipinski definition) is 0. The summed E-state index contributed by atoms with van der Waals surface area (Å²) in [6.07, 6.45) is 0. The quantitative estimate of drug-likeness (QED) is 0.332. The predicted octanol–water partition coefficient (Wildman–Crippen LogP) is 2.33. The Kier molecular flexibility index (Phi) is 3.52. The van der Waals surface area contributed by atoms with Gasteiger partial charge in [-0.2, -0.15) is 11.1 Å². The van der Waals surface area contributed by atoms with Gasteiger partial charge in [-0.1, -0.05) is 32.9 Å². The van der Waals surface area contributed by atoms with Crippen LogP contribution in [0, 0.1) is 5.41 Å². The molecule has 0 amide bonds. The molecule has 0 bridgehead atoms. The molecule has 0 fully saturated rings. The van der Waals surface area contributed by atoms with Gasteiger partial charge in [0.15, 0.2) is 0 Å². The Morgan fingerprint density at radius 1 is 1.56 bits per heavy atom. The second kappa shape index (κ2) is 3.42. The molecule has 0 nitrogen and oxygen atoms in total. The minimum atomic E-state index is -0.341. The van der Waals surface area contributed by atoms with Crippen LogP contribution in [0.5, 0.6) is 0 Å². The summed E-state index contributed by atoms with van der Waals surface area (Å²) >= 11 is 5.68. The Labute approximate surface area is 64.8 Å². The van der Waals surface area contributed by atoms with Gasteiger partial charge in [-0.05, 0) is 11.5 Å². The van der Waals surface area contributed by atoms with Crippen molar-refractivity contribution in [3.63, 3.8) is 0 Å². The summed E-state index contributed by atoms with van der Waals surface area (Å²) in [5.74, 6) is 0. The number of allylic oxidation sites excluding steroid dienone is 1. The van der Waals surface area contributed by atoms with Gasteiger partial charge in [-0.25, -0.2) is 0 Å². The van der Waals surface area contributed by atoms with Crippen molar-refractivity contribution in [2.75, 3.05) is 0 Å². The van der Waals surface area contributed by atoms with E-state index >= 15 is 0 Å². The lowest BCUT2D eigenvalue weighted by molar-refractivity contribution is 0.506. The van der Waals surface area contributed by atoms with Gasteiger partial charge in [0.2, 0.25) is 0 Å². The molecule has 0 aliphatic rings. The summed E-state index contributed by atoms with van der Waals surface area (Å²) in [7, 11) is -0.341. The van der Waals surface area contributed by atoms with Gasteiger partial charge in [-0.3, -0.25) is 0 Å². The van der Waals surface area contributed by atoms with E-state index < -0.39 is 0 Å². The first kappa shape index (κ1) is 9.25. The molecule has 9 heavy (non-hydrogen) atoms. The molecule has 2 heteroatoms. The van der Waals surface area contributed by atoms with Crippen LogP contribution in [0.25, 0.3) is 0 Å². The van der Waals surface area contributed by atoms with Crippen molar-refractivity contribution in [1.82, 2.24) is 0 Å². The first-order valence-corrected chi connectivity index (χ1v) is 6.36. The standard InChI is InChI=1S/C7H15ClSi/c1-6(5-9-8)7(2,3)4/h1,5,9H2,2-4H3. The Balaban J connectivity index is 3.74. The van der Waals surface area contributed by atoms with Gasteiger partial charge in [0.1, 0.15) is 8.83 Å². The molecule has 0 atom stereocenters. The second-order valence-electron chi connectivity index (χ2n) is 3.29. The summed E-state index contributed by atoms with van der Waals surface area (Å²) in [5, 5.41) is 0. The third-order valence-corrected chi connectivity index (χ3v) is 2.82. The summed E-state index contributed by atoms with van der Waals surface area (Å²) in [6, 6.07) is 1.07. The lowest BCUT2D eigenvalue weighted by Crippen LogP contribution is -2.08. The Morgan fingerprint density at radius 2 is 2.00 bits per heavy atom. The predicted molar refractivity (Wildman–Crippen MR) is 47.8 cm³/mol. The molecule has 54 valence electrons. The number of halogens is 1. The SMILES string of the molecule is C=C(C[SiH2]Cl)C(C)(C)C. The Hall–Kier alpha value is 0.247. The second-order valence-corrected chi connectivity index (χ2v) is 5.30. The van der Waals surface area contributed by atoms with Crippen LogP contribution in [0.15, 0.2) is 12.2 Å². The van der Waals surface area contributed by atoms with Crippen molar-refractivity contribution in [1.29, 1.82) is 0 Å². The Bertz CT molecular complexity index is 102. The lowest BCUT2D eigenvalue weighted by atomic mass is 9.89. The van der Waals surface area contributed by atoms with E-state index in [1.54, 1.807) is 0 Å². The molecule has 0 spiro atoms. The number of hydrogen-bond acceptors (Lipinski definition) is 0. The zero-order valence-electron chi connectivity index (χ0n) is 6.50. The van der Waals surface area contributed by atoms with Crippen molar-refractivity contribution >= 4 is 19.9 Å². The highest BCUT2D eigenvalue weighted by molar-refractivity contribution is 6.94. The van der Waals surface area contributed by atoms with Crippen LogP contribution in [-0.2, 0) is 0 Å². The maximum absolute atomic E-state index is 5.68. The topological polar surface area (TPSA) is 0 Å². The molecule has 0 aromatic carbocycles. The third kappa shape index (κ3) is 3.76. The van der Waals surface area contributed by atoms with Crippen molar-refractivity contribution in [3.05, 3.63) is 12.2 Å². The largest absolute Gasteiger partial charge is 0.176 e. The van der Waals surface area contributed by atoms with E-state index in [0.29, 0.717) is 0 Å². The van der Waals surface area contributed by atoms with Crippen LogP contribution in [0.1, 0.15) is 20.8 Å². The average Bonchev–Trinajstić information content (AvgIpc) is 1.64. The molecular formula is C7H15ClSi. The summed E-state index contributed by atoms with van der Waals surface area (Å²) in [5.41, 5.74) is 1.56. The van der Waals surface area contributed by atoms with E-state index in [-0.39, 0.29) is 14.2 Å². The smallest absolute Gasteiger partial charge is 0.129 e. The van der Waals surface area contributed by atoms with Gasteiger partial charge in [0.25, 0.3) is 0 Å². The zero-order valence-corrected chi connectivity index (χ0v) is 8.67. The summed E-state index contributed by atoms with van der Waals surface area (Å²) in [6.45, 7) is 10.5. The van der Waals surface area contributed by atoms with E-state index in [4.69, 9.17) is 11.1 Å². The van der Waals surface area contributed by atoms with Crippen LogP contribution in [0.2, 0.25) is 6.04 Å². The van der Waals surface area contributed by atoms with Gasteiger partial charge in [0, 0.05) is 0 Å². The molecule has 0 aromatic rings. The van der Waals surface area contributed by atoms with Crippen LogP contribution < -0.4 is 0 Å². The summed E-state index contributed by atoms with van der Waals surface area (Å²) < 4.78 is 0. The van der Waals surface area contributed by atoms with Gasteiger partial charge >= 0.3 is 0 Å². The van der Waals surface area contributed by atoms with E-state index in [1.807, 2.05) is 0 Å². The summed E-state index contributed by atoms with van der Waals surface area (Å²) in [4.78, 5) is 0. The molecule has 0 aromatic heterocycles. The van der Waals surface area contributed by atoms with Crippen molar-refractivity contribution in [2.45, 2.75) is 26.8 Å². The maximum atomic E-state index is 5.68. The average molecular weight is 163 g/mol. The van der Waals surface area contributed by atoms with Crippen molar-refractivity contribution in [3.8, 4) is 0 Å². The van der Waals surface area contributed by atoms with Gasteiger partial charge in [0.05, 0.1) is 0 Å². The van der Waals surface area contributed by atoms with Crippen LogP contribution in [-0.4, -0.2) is 8.83 Å². The van der Waals surface area contributed by atoms with E-state index in [1.165, 1.54) is 5.57 Å². The molecular weight excluding hydrogens is 148 g/mol. The molecule has 0 saturated carbocycles. The minimum Gasteiger partial charge on any atom is -0.176 e. The van der Waals surface area contributed by atoms with Crippen LogP contribution in [0.4, 0.5) is 0 Å². The lowest BCUT2D eigenvalue weighted by Gasteiger charge is -2.20. The highest BCUT2D eigenvalue weighted by Crippen LogP contribution is 2.26. The highest BCUT2D eigenvalue weighted by Gasteiger charge is 2.13. The molecule has 0 rings (SSSR count). The molecule has 0 aliphatic heterocycles. The Morgan fingerprint density at radius 3 is 2.11 bits per heavy atom. The molecule has 0 unspecified atom stereocenters. The fourth-order valence-corrected chi connectivity index (χ4v) is 2.15. The van der Waals surface area contributed by atoms with Gasteiger partial charge < -0.3 is 0 Å². The third-order valence-electron chi connectivity index (χ3n) is 1.46. The zero-order chi connectivity index (χ0) is 7.49. The van der Waals surface area contributed by atoms with Crippen molar-refractivity contribution < 1.29 is 0 Å². The molecule has 0 heterocycles. The number of rotatable bonds is 2. The van der Waals surface area contributed by atoms with Crippen molar-refractivity contribution in [2.24, 2.45) is 5.41 Å². The monoisotopic (exact) mass is 162 g/mol. The molecule has 0 N–H and O–H groups in total. The van der Waals surface area contributed by atoms with Crippen LogP contribution in [0.3, 0.4) is 0 Å². The highest BCUT2D eigenvalue weighted by atomic mass is 35.6. The van der Waals surface area contributed by atoms with E-state index in [0.717, 1.165) is 6.04 Å². The van der Waals surface area contributed by atoms with E-state index in [2.05, 4.69) is 27.4 Å². The molecule has 0 radical (unpaired) electrons. The minimum absolute atomic E-state index is 0.266. The first-order valence-electron chi connectivity index (χ1n) is 3.22. The molecule has 0 aliphatic carbocycles. The normalized spacial score (nSPS) is 12.9. The van der Waals surface area contributed by atoms with Crippen LogP contribution >= 0.6 is 11.1 Å². The fourth-order valence-electron chi connectivity index (χ4n) is 0.489. The maximum Gasteiger partial charge on any atom is 0.129 e. The van der Waals surface area contributed by atoms with Gasteiger partial charge in [-0.15, -0.1) is 0 Å². The fraction of sp³-hybridized carbons (Fsp3) is 0.714. The first-order chi connectivity index (χ1) is 3.98. The molecule has 0 saturated heterocycles.